The molecule has 1 unspecified atom stereocenters. The van der Waals surface area contributed by atoms with Crippen molar-refractivity contribution in [3.63, 3.8) is 0 Å². The molecule has 1 amide bonds. The van der Waals surface area contributed by atoms with Gasteiger partial charge in [0.25, 0.3) is 5.91 Å². The molecule has 0 saturated carbocycles. The number of aryl methyl sites for hydroxylation is 1. The van der Waals surface area contributed by atoms with E-state index in [-0.39, 0.29) is 25.0 Å². The Balaban J connectivity index is 1.61. The SMILES string of the molecule is CCc1nc(COc2ccc(C(=O)N3CCC(C(=O)O)(C(C)C)C3)cc2)no1. The summed E-state index contributed by atoms with van der Waals surface area (Å²) >= 11 is 0. The molecule has 150 valence electrons. The van der Waals surface area contributed by atoms with E-state index in [9.17, 15) is 14.7 Å². The average molecular weight is 387 g/mol. The Hall–Kier alpha value is -2.90. The van der Waals surface area contributed by atoms with Gasteiger partial charge in [-0.1, -0.05) is 25.9 Å². The van der Waals surface area contributed by atoms with Gasteiger partial charge in [0, 0.05) is 25.1 Å². The number of ether oxygens (including phenoxy) is 1. The predicted molar refractivity (Wildman–Crippen MR) is 99.9 cm³/mol. The standard InChI is InChI=1S/C20H25N3O5/c1-4-17-21-16(22-28-17)11-27-15-7-5-14(6-8-15)18(24)23-10-9-20(12-23,13(2)3)19(25)26/h5-8,13H,4,9-12H2,1-3H3,(H,25,26). The van der Waals surface area contributed by atoms with Gasteiger partial charge >= 0.3 is 5.97 Å². The van der Waals surface area contributed by atoms with Crippen molar-refractivity contribution in [2.24, 2.45) is 11.3 Å². The molecule has 2 heterocycles. The molecule has 1 aliphatic heterocycles. The second-order valence-electron chi connectivity index (χ2n) is 7.36. The molecule has 1 atom stereocenters. The minimum absolute atomic E-state index is 0.0445. The molecule has 0 bridgehead atoms. The first-order chi connectivity index (χ1) is 13.4. The number of benzene rings is 1. The highest BCUT2D eigenvalue weighted by atomic mass is 16.5. The summed E-state index contributed by atoms with van der Waals surface area (Å²) in [4.78, 5) is 30.3. The number of amides is 1. The van der Waals surface area contributed by atoms with Crippen LogP contribution in [0.2, 0.25) is 0 Å². The van der Waals surface area contributed by atoms with E-state index in [0.717, 1.165) is 0 Å². The molecule has 1 N–H and O–H groups in total. The van der Waals surface area contributed by atoms with Gasteiger partial charge in [-0.05, 0) is 36.6 Å². The first-order valence-electron chi connectivity index (χ1n) is 9.42. The molecule has 1 saturated heterocycles. The van der Waals surface area contributed by atoms with E-state index in [1.807, 2.05) is 20.8 Å². The molecular weight excluding hydrogens is 362 g/mol. The van der Waals surface area contributed by atoms with Crippen LogP contribution >= 0.6 is 0 Å². The molecule has 1 aliphatic rings. The number of carbonyl (C=O) groups excluding carboxylic acids is 1. The van der Waals surface area contributed by atoms with E-state index in [2.05, 4.69) is 10.1 Å². The highest BCUT2D eigenvalue weighted by Gasteiger charge is 2.48. The van der Waals surface area contributed by atoms with Crippen LogP contribution < -0.4 is 4.74 Å². The molecule has 1 aromatic heterocycles. The highest BCUT2D eigenvalue weighted by Crippen LogP contribution is 2.38. The molecule has 0 aliphatic carbocycles. The van der Waals surface area contributed by atoms with Crippen LogP contribution in [-0.2, 0) is 17.8 Å². The summed E-state index contributed by atoms with van der Waals surface area (Å²) in [5.41, 5.74) is -0.370. The summed E-state index contributed by atoms with van der Waals surface area (Å²) in [6.45, 7) is 6.56. The molecular formula is C20H25N3O5. The number of carboxylic acid groups (broad SMARTS) is 1. The second kappa shape index (κ2) is 8.00. The van der Waals surface area contributed by atoms with Crippen LogP contribution in [0.25, 0.3) is 0 Å². The van der Waals surface area contributed by atoms with Gasteiger partial charge in [-0.2, -0.15) is 4.98 Å². The zero-order valence-electron chi connectivity index (χ0n) is 16.3. The summed E-state index contributed by atoms with van der Waals surface area (Å²) in [6.07, 6.45) is 1.14. The molecule has 28 heavy (non-hydrogen) atoms. The van der Waals surface area contributed by atoms with E-state index in [1.54, 1.807) is 29.2 Å². The number of aromatic nitrogens is 2. The summed E-state index contributed by atoms with van der Waals surface area (Å²) in [5.74, 6) is 0.562. The topological polar surface area (TPSA) is 106 Å². The monoisotopic (exact) mass is 387 g/mol. The van der Waals surface area contributed by atoms with Crippen molar-refractivity contribution in [1.82, 2.24) is 15.0 Å². The first-order valence-corrected chi connectivity index (χ1v) is 9.42. The van der Waals surface area contributed by atoms with Crippen molar-refractivity contribution in [2.75, 3.05) is 13.1 Å². The second-order valence-corrected chi connectivity index (χ2v) is 7.36. The number of rotatable bonds is 7. The maximum absolute atomic E-state index is 12.8. The van der Waals surface area contributed by atoms with E-state index >= 15 is 0 Å². The van der Waals surface area contributed by atoms with E-state index in [0.29, 0.717) is 42.4 Å². The highest BCUT2D eigenvalue weighted by molar-refractivity contribution is 5.95. The normalized spacial score (nSPS) is 19.2. The fourth-order valence-electron chi connectivity index (χ4n) is 3.42. The van der Waals surface area contributed by atoms with Gasteiger partial charge in [-0.25, -0.2) is 0 Å². The Morgan fingerprint density at radius 2 is 2.04 bits per heavy atom. The Bertz CT molecular complexity index is 846. The van der Waals surface area contributed by atoms with Crippen molar-refractivity contribution >= 4 is 11.9 Å². The van der Waals surface area contributed by atoms with Gasteiger partial charge in [0.05, 0.1) is 5.41 Å². The van der Waals surface area contributed by atoms with Crippen LogP contribution in [0.5, 0.6) is 5.75 Å². The van der Waals surface area contributed by atoms with E-state index in [1.165, 1.54) is 0 Å². The summed E-state index contributed by atoms with van der Waals surface area (Å²) in [7, 11) is 0. The summed E-state index contributed by atoms with van der Waals surface area (Å²) in [5, 5.41) is 13.5. The van der Waals surface area contributed by atoms with Crippen LogP contribution in [-0.4, -0.2) is 45.1 Å². The lowest BCUT2D eigenvalue weighted by Crippen LogP contribution is -2.40. The third-order valence-corrected chi connectivity index (χ3v) is 5.40. The Morgan fingerprint density at radius 1 is 1.32 bits per heavy atom. The maximum atomic E-state index is 12.8. The molecule has 3 rings (SSSR count). The zero-order chi connectivity index (χ0) is 20.3. The van der Waals surface area contributed by atoms with Crippen molar-refractivity contribution < 1.29 is 24.0 Å². The van der Waals surface area contributed by atoms with Crippen LogP contribution in [0.3, 0.4) is 0 Å². The van der Waals surface area contributed by atoms with Crippen LogP contribution in [0.4, 0.5) is 0 Å². The Labute approximate surface area is 163 Å². The number of hydrogen-bond donors (Lipinski definition) is 1. The van der Waals surface area contributed by atoms with Crippen molar-refractivity contribution in [2.45, 2.75) is 40.2 Å². The fourth-order valence-corrected chi connectivity index (χ4v) is 3.42. The number of carboxylic acids is 1. The van der Waals surface area contributed by atoms with E-state index < -0.39 is 11.4 Å². The third-order valence-electron chi connectivity index (χ3n) is 5.40. The van der Waals surface area contributed by atoms with Crippen LogP contribution in [0.1, 0.15) is 49.3 Å². The minimum atomic E-state index is -0.874. The quantitative estimate of drug-likeness (QED) is 0.778. The zero-order valence-corrected chi connectivity index (χ0v) is 16.3. The maximum Gasteiger partial charge on any atom is 0.311 e. The lowest BCUT2D eigenvalue weighted by molar-refractivity contribution is -0.150. The smallest absolute Gasteiger partial charge is 0.311 e. The number of likely N-dealkylation sites (tertiary alicyclic amines) is 1. The molecule has 1 fully saturated rings. The largest absolute Gasteiger partial charge is 0.485 e. The summed E-state index contributed by atoms with van der Waals surface area (Å²) < 4.78 is 10.6. The average Bonchev–Trinajstić information content (AvgIpc) is 3.34. The molecule has 8 nitrogen and oxygen atoms in total. The fraction of sp³-hybridized carbons (Fsp3) is 0.500. The van der Waals surface area contributed by atoms with Gasteiger partial charge in [-0.3, -0.25) is 9.59 Å². The third kappa shape index (κ3) is 3.85. The van der Waals surface area contributed by atoms with E-state index in [4.69, 9.17) is 9.26 Å². The number of nitrogens with zero attached hydrogens (tertiary/aromatic N) is 3. The lowest BCUT2D eigenvalue weighted by Gasteiger charge is -2.28. The first kappa shape index (κ1) is 19.9. The number of hydrogen-bond acceptors (Lipinski definition) is 6. The van der Waals surface area contributed by atoms with Gasteiger partial charge in [-0.15, -0.1) is 0 Å². The van der Waals surface area contributed by atoms with Gasteiger partial charge in [0.2, 0.25) is 11.7 Å². The Morgan fingerprint density at radius 3 is 2.57 bits per heavy atom. The minimum Gasteiger partial charge on any atom is -0.485 e. The number of carbonyl (C=O) groups is 2. The molecule has 8 heteroatoms. The molecule has 0 radical (unpaired) electrons. The number of aliphatic carboxylic acids is 1. The van der Waals surface area contributed by atoms with Crippen LogP contribution in [0.15, 0.2) is 28.8 Å². The predicted octanol–water partition coefficient (Wildman–Crippen LogP) is 2.78. The van der Waals surface area contributed by atoms with Crippen molar-refractivity contribution in [1.29, 1.82) is 0 Å². The Kier molecular flexibility index (Phi) is 5.67. The van der Waals surface area contributed by atoms with Gasteiger partial charge in [0.15, 0.2) is 6.61 Å². The lowest BCUT2D eigenvalue weighted by atomic mass is 9.76. The molecule has 2 aromatic rings. The summed E-state index contributed by atoms with van der Waals surface area (Å²) in [6, 6.07) is 6.77. The molecule has 1 aromatic carbocycles. The van der Waals surface area contributed by atoms with Crippen LogP contribution in [0, 0.1) is 11.3 Å². The van der Waals surface area contributed by atoms with Crippen molar-refractivity contribution in [3.05, 3.63) is 41.5 Å². The van der Waals surface area contributed by atoms with Gasteiger partial charge < -0.3 is 19.3 Å². The van der Waals surface area contributed by atoms with Crippen molar-refractivity contribution in [3.8, 4) is 5.75 Å². The van der Waals surface area contributed by atoms with Gasteiger partial charge in [0.1, 0.15) is 5.75 Å². The molecule has 0 spiro atoms.